The van der Waals surface area contributed by atoms with E-state index < -0.39 is 0 Å². The zero-order valence-electron chi connectivity index (χ0n) is 17.1. The molecule has 0 saturated heterocycles. The summed E-state index contributed by atoms with van der Waals surface area (Å²) in [7, 11) is 1.91. The van der Waals surface area contributed by atoms with E-state index in [9.17, 15) is 4.79 Å². The zero-order chi connectivity index (χ0) is 20.4. The van der Waals surface area contributed by atoms with Crippen LogP contribution in [0.15, 0.2) is 34.9 Å². The average Bonchev–Trinajstić information content (AvgIpc) is 3.31. The number of carbonyl (C=O) groups excluding carboxylic acids is 1. The number of amides is 2. The molecular formula is C21H26N6O2. The Hall–Kier alpha value is -3.16. The molecule has 8 heteroatoms. The number of carbonyl (C=O) groups is 1. The maximum absolute atomic E-state index is 12.5. The summed E-state index contributed by atoms with van der Waals surface area (Å²) in [4.78, 5) is 18.9. The second-order valence-corrected chi connectivity index (χ2v) is 7.83. The van der Waals surface area contributed by atoms with Crippen LogP contribution in [0.5, 0.6) is 0 Å². The number of hydrogen-bond donors (Lipinski definition) is 1. The molecule has 3 aromatic rings. The van der Waals surface area contributed by atoms with Crippen molar-refractivity contribution in [3.8, 4) is 11.6 Å². The zero-order valence-corrected chi connectivity index (χ0v) is 17.1. The lowest BCUT2D eigenvalue weighted by molar-refractivity contribution is 0.190. The van der Waals surface area contributed by atoms with E-state index in [0.717, 1.165) is 23.2 Å². The number of nitrogens with zero attached hydrogens (tertiary/aromatic N) is 5. The van der Waals surface area contributed by atoms with E-state index in [1.54, 1.807) is 0 Å². The highest BCUT2D eigenvalue weighted by Crippen LogP contribution is 2.29. The van der Waals surface area contributed by atoms with Crippen LogP contribution < -0.4 is 5.32 Å². The van der Waals surface area contributed by atoms with E-state index in [1.165, 1.54) is 0 Å². The van der Waals surface area contributed by atoms with Crippen LogP contribution in [0.2, 0.25) is 0 Å². The molecule has 2 amide bonds. The first-order valence-corrected chi connectivity index (χ1v) is 9.95. The minimum absolute atomic E-state index is 0.0468. The topological polar surface area (TPSA) is 89.1 Å². The quantitative estimate of drug-likeness (QED) is 0.719. The van der Waals surface area contributed by atoms with Crippen LogP contribution in [0, 0.1) is 5.92 Å². The lowest BCUT2D eigenvalue weighted by atomic mass is 10.1. The van der Waals surface area contributed by atoms with Gasteiger partial charge in [0.1, 0.15) is 0 Å². The van der Waals surface area contributed by atoms with Crippen molar-refractivity contribution in [2.24, 2.45) is 13.0 Å². The maximum Gasteiger partial charge on any atom is 0.317 e. The van der Waals surface area contributed by atoms with Gasteiger partial charge in [-0.25, -0.2) is 4.79 Å². The largest absolute Gasteiger partial charge is 0.338 e. The third-order valence-electron chi connectivity index (χ3n) is 5.07. The fourth-order valence-corrected chi connectivity index (χ4v) is 3.54. The first kappa shape index (κ1) is 19.2. The lowest BCUT2D eigenvalue weighted by Gasteiger charge is -2.28. The van der Waals surface area contributed by atoms with E-state index in [4.69, 9.17) is 4.52 Å². The molecule has 0 aliphatic carbocycles. The van der Waals surface area contributed by atoms with E-state index in [1.807, 2.05) is 47.0 Å². The fraction of sp³-hybridized carbons (Fsp3) is 0.429. The molecule has 0 atom stereocenters. The summed E-state index contributed by atoms with van der Waals surface area (Å²) in [6.45, 7) is 5.97. The van der Waals surface area contributed by atoms with Crippen LogP contribution in [-0.4, -0.2) is 43.9 Å². The molecule has 1 N–H and O–H groups in total. The third kappa shape index (κ3) is 4.16. The summed E-state index contributed by atoms with van der Waals surface area (Å²) in [5.74, 6) is 1.43. The highest BCUT2D eigenvalue weighted by molar-refractivity contribution is 5.75. The summed E-state index contributed by atoms with van der Waals surface area (Å²) >= 11 is 0. The number of aryl methyl sites for hydroxylation is 1. The Morgan fingerprint density at radius 3 is 2.83 bits per heavy atom. The second-order valence-electron chi connectivity index (χ2n) is 7.83. The van der Waals surface area contributed by atoms with Gasteiger partial charge in [-0.05, 0) is 11.5 Å². The number of hydrogen-bond acceptors (Lipinski definition) is 5. The molecule has 0 saturated carbocycles. The Bertz CT molecular complexity index is 992. The van der Waals surface area contributed by atoms with Crippen LogP contribution >= 0.6 is 0 Å². The molecule has 1 aliphatic heterocycles. The first-order valence-electron chi connectivity index (χ1n) is 9.95. The van der Waals surface area contributed by atoms with Crippen molar-refractivity contribution in [3.05, 3.63) is 53.0 Å². The monoisotopic (exact) mass is 394 g/mol. The van der Waals surface area contributed by atoms with Crippen LogP contribution in [0.4, 0.5) is 4.79 Å². The standard InChI is InChI=1S/C21H26N6O2/c1-14(2)12-22-21(28)27-10-9-17-16(13-27)19(24-26(17)3)20-23-18(25-29-20)11-15-7-5-4-6-8-15/h4-8,14H,9-13H2,1-3H3,(H,22,28). The third-order valence-corrected chi connectivity index (χ3v) is 5.07. The molecule has 29 heavy (non-hydrogen) atoms. The molecule has 3 heterocycles. The number of benzene rings is 1. The number of aromatic nitrogens is 4. The highest BCUT2D eigenvalue weighted by Gasteiger charge is 2.29. The van der Waals surface area contributed by atoms with Crippen LogP contribution in [0.1, 0.15) is 36.5 Å². The van der Waals surface area contributed by atoms with E-state index in [0.29, 0.717) is 49.4 Å². The van der Waals surface area contributed by atoms with Gasteiger partial charge in [0.25, 0.3) is 5.89 Å². The van der Waals surface area contributed by atoms with Gasteiger partial charge in [0.2, 0.25) is 0 Å². The van der Waals surface area contributed by atoms with Crippen molar-refractivity contribution in [2.75, 3.05) is 13.1 Å². The lowest BCUT2D eigenvalue weighted by Crippen LogP contribution is -2.44. The number of nitrogens with one attached hydrogen (secondary N) is 1. The Morgan fingerprint density at radius 1 is 1.28 bits per heavy atom. The van der Waals surface area contributed by atoms with Crippen molar-refractivity contribution in [3.63, 3.8) is 0 Å². The predicted molar refractivity (Wildman–Crippen MR) is 108 cm³/mol. The molecule has 0 bridgehead atoms. The number of fused-ring (bicyclic) bond motifs is 1. The van der Waals surface area contributed by atoms with Gasteiger partial charge in [-0.15, -0.1) is 0 Å². The molecule has 0 spiro atoms. The molecule has 1 aromatic carbocycles. The normalized spacial score (nSPS) is 13.6. The summed E-state index contributed by atoms with van der Waals surface area (Å²) in [5.41, 5.74) is 3.87. The van der Waals surface area contributed by atoms with Gasteiger partial charge in [-0.1, -0.05) is 49.3 Å². The van der Waals surface area contributed by atoms with Gasteiger partial charge in [-0.2, -0.15) is 10.1 Å². The summed E-state index contributed by atoms with van der Waals surface area (Å²) < 4.78 is 7.38. The van der Waals surface area contributed by atoms with Crippen molar-refractivity contribution in [1.29, 1.82) is 0 Å². The highest BCUT2D eigenvalue weighted by atomic mass is 16.5. The molecular weight excluding hydrogens is 368 g/mol. The van der Waals surface area contributed by atoms with Crippen LogP contribution in [-0.2, 0) is 26.4 Å². The summed E-state index contributed by atoms with van der Waals surface area (Å²) in [5, 5.41) is 11.7. The van der Waals surface area contributed by atoms with Gasteiger partial charge in [0.15, 0.2) is 11.5 Å². The van der Waals surface area contributed by atoms with E-state index in [2.05, 4.69) is 34.4 Å². The van der Waals surface area contributed by atoms with Crippen molar-refractivity contribution >= 4 is 6.03 Å². The molecule has 152 valence electrons. The van der Waals surface area contributed by atoms with Crippen LogP contribution in [0.25, 0.3) is 11.6 Å². The Morgan fingerprint density at radius 2 is 2.07 bits per heavy atom. The Labute approximate surface area is 169 Å². The van der Waals surface area contributed by atoms with Crippen molar-refractivity contribution in [2.45, 2.75) is 33.2 Å². The van der Waals surface area contributed by atoms with E-state index in [-0.39, 0.29) is 6.03 Å². The van der Waals surface area contributed by atoms with Gasteiger partial charge < -0.3 is 14.7 Å². The predicted octanol–water partition coefficient (Wildman–Crippen LogP) is 2.78. The SMILES string of the molecule is CC(C)CNC(=O)N1CCc2c(c(-c3nc(Cc4ccccc4)no3)nn2C)C1. The molecule has 8 nitrogen and oxygen atoms in total. The second kappa shape index (κ2) is 8.06. The van der Waals surface area contributed by atoms with Gasteiger partial charge >= 0.3 is 6.03 Å². The fourth-order valence-electron chi connectivity index (χ4n) is 3.54. The van der Waals surface area contributed by atoms with Crippen LogP contribution in [0.3, 0.4) is 0 Å². The molecule has 0 fully saturated rings. The molecule has 4 rings (SSSR count). The minimum Gasteiger partial charge on any atom is -0.338 e. The van der Waals surface area contributed by atoms with E-state index >= 15 is 0 Å². The maximum atomic E-state index is 12.5. The Balaban J connectivity index is 1.54. The molecule has 1 aliphatic rings. The van der Waals surface area contributed by atoms with Gasteiger partial charge in [0.05, 0.1) is 6.54 Å². The molecule has 2 aromatic heterocycles. The average molecular weight is 394 g/mol. The van der Waals surface area contributed by atoms with Gasteiger partial charge in [0, 0.05) is 44.2 Å². The summed E-state index contributed by atoms with van der Waals surface area (Å²) in [6.07, 6.45) is 1.35. The number of rotatable bonds is 5. The van der Waals surface area contributed by atoms with Gasteiger partial charge in [-0.3, -0.25) is 4.68 Å². The Kier molecular flexibility index (Phi) is 5.33. The molecule has 0 radical (unpaired) electrons. The number of urea groups is 1. The van der Waals surface area contributed by atoms with Crippen molar-refractivity contribution in [1.82, 2.24) is 30.1 Å². The first-order chi connectivity index (χ1) is 14.0. The minimum atomic E-state index is -0.0468. The molecule has 0 unspecified atom stereocenters. The van der Waals surface area contributed by atoms with Crippen molar-refractivity contribution < 1.29 is 9.32 Å². The smallest absolute Gasteiger partial charge is 0.317 e. The summed E-state index contributed by atoms with van der Waals surface area (Å²) in [6, 6.07) is 9.98.